The number of rotatable bonds is 8. The highest BCUT2D eigenvalue weighted by molar-refractivity contribution is 7.33. The first-order valence-corrected chi connectivity index (χ1v) is 10.4. The molecule has 0 aliphatic rings. The molecule has 2 aromatic heterocycles. The average Bonchev–Trinajstić information content (AvgIpc) is 2.80. The van der Waals surface area contributed by atoms with Gasteiger partial charge in [0.15, 0.2) is 11.6 Å². The van der Waals surface area contributed by atoms with Gasteiger partial charge in [0.1, 0.15) is 13.2 Å². The van der Waals surface area contributed by atoms with E-state index >= 15 is 0 Å². The van der Waals surface area contributed by atoms with Gasteiger partial charge in [0.2, 0.25) is 0 Å². The van der Waals surface area contributed by atoms with Crippen molar-refractivity contribution in [2.45, 2.75) is 0 Å². The number of aromatic nitrogens is 2. The summed E-state index contributed by atoms with van der Waals surface area (Å²) in [4.78, 5) is 33.0. The predicted molar refractivity (Wildman–Crippen MR) is 113 cm³/mol. The van der Waals surface area contributed by atoms with Gasteiger partial charge in [-0.1, -0.05) is 12.1 Å². The van der Waals surface area contributed by atoms with Crippen LogP contribution in [-0.4, -0.2) is 34.7 Å². The molecule has 0 bridgehead atoms. The summed E-state index contributed by atoms with van der Waals surface area (Å²) in [5.74, 6) is -0.674. The molecule has 8 heteroatoms. The van der Waals surface area contributed by atoms with Crippen LogP contribution in [0.2, 0.25) is 0 Å². The zero-order valence-electron chi connectivity index (χ0n) is 15.8. The number of nitrogens with zero attached hydrogens (tertiary/aromatic N) is 2. The van der Waals surface area contributed by atoms with Gasteiger partial charge in [-0.25, -0.2) is 0 Å². The third-order valence-corrected chi connectivity index (χ3v) is 5.25. The van der Waals surface area contributed by atoms with E-state index in [1.165, 1.54) is 0 Å². The van der Waals surface area contributed by atoms with Crippen molar-refractivity contribution >= 4 is 41.6 Å². The van der Waals surface area contributed by atoms with Gasteiger partial charge in [0, 0.05) is 34.3 Å². The maximum Gasteiger partial charge on any atom is 0.320 e. The molecule has 30 heavy (non-hydrogen) atoms. The zero-order chi connectivity index (χ0) is 20.9. The molecule has 0 spiro atoms. The Hall–Kier alpha value is -3.25. The fraction of sp³-hybridized carbons (Fsp3) is 0.0909. The topological polar surface area (TPSA) is 95.5 Å². The van der Waals surface area contributed by atoms with Gasteiger partial charge < -0.3 is 9.05 Å². The fourth-order valence-corrected chi connectivity index (χ4v) is 3.54. The van der Waals surface area contributed by atoms with E-state index in [9.17, 15) is 14.2 Å². The molecule has 0 fully saturated rings. The van der Waals surface area contributed by atoms with Crippen LogP contribution >= 0.6 is 8.25 Å². The standard InChI is InChI=1S/C22H17N2O5P/c25-21(17-5-7-19-15(11-17)3-1-9-23-19)13-28-30(27)29-14-22(26)18-6-8-20-16(12-18)4-2-10-24-20/h1-12,30H,13-14H2. The van der Waals surface area contributed by atoms with E-state index in [-0.39, 0.29) is 11.6 Å². The molecular weight excluding hydrogens is 403 g/mol. The van der Waals surface area contributed by atoms with Crippen LogP contribution in [-0.2, 0) is 13.6 Å². The van der Waals surface area contributed by atoms with Crippen LogP contribution in [0.15, 0.2) is 73.1 Å². The number of hydrogen-bond acceptors (Lipinski definition) is 7. The van der Waals surface area contributed by atoms with Crippen LogP contribution in [0.4, 0.5) is 0 Å². The van der Waals surface area contributed by atoms with E-state index in [2.05, 4.69) is 9.97 Å². The van der Waals surface area contributed by atoms with E-state index in [1.54, 1.807) is 60.9 Å². The Morgan fingerprint density at radius 2 is 1.20 bits per heavy atom. The summed E-state index contributed by atoms with van der Waals surface area (Å²) >= 11 is 0. The Balaban J connectivity index is 1.30. The summed E-state index contributed by atoms with van der Waals surface area (Å²) in [6.07, 6.45) is 3.35. The number of pyridine rings is 2. The van der Waals surface area contributed by atoms with Crippen LogP contribution in [0.5, 0.6) is 0 Å². The molecule has 2 heterocycles. The molecule has 0 unspecified atom stereocenters. The lowest BCUT2D eigenvalue weighted by molar-refractivity contribution is 0.0877. The number of carbonyl (C=O) groups is 2. The zero-order valence-corrected chi connectivity index (χ0v) is 16.8. The van der Waals surface area contributed by atoms with Gasteiger partial charge in [-0.05, 0) is 48.5 Å². The molecule has 150 valence electrons. The largest absolute Gasteiger partial charge is 0.320 e. The summed E-state index contributed by atoms with van der Waals surface area (Å²) in [5, 5.41) is 1.65. The lowest BCUT2D eigenvalue weighted by atomic mass is 10.1. The Labute approximate surface area is 172 Å². The number of fused-ring (bicyclic) bond motifs is 2. The van der Waals surface area contributed by atoms with Crippen LogP contribution in [0.3, 0.4) is 0 Å². The Morgan fingerprint density at radius 1 is 0.733 bits per heavy atom. The van der Waals surface area contributed by atoms with E-state index in [1.807, 2.05) is 12.1 Å². The number of Topliss-reactive ketones (excluding diaryl/α,β-unsaturated/α-hetero) is 2. The van der Waals surface area contributed by atoms with Crippen molar-refractivity contribution in [1.82, 2.24) is 9.97 Å². The highest BCUT2D eigenvalue weighted by Gasteiger charge is 2.13. The summed E-state index contributed by atoms with van der Waals surface area (Å²) in [5.41, 5.74) is 2.39. The van der Waals surface area contributed by atoms with Crippen molar-refractivity contribution in [3.8, 4) is 0 Å². The minimum Gasteiger partial charge on any atom is -0.302 e. The van der Waals surface area contributed by atoms with Crippen LogP contribution in [0.25, 0.3) is 21.8 Å². The minimum absolute atomic E-state index is 0.337. The molecule has 0 aliphatic heterocycles. The lowest BCUT2D eigenvalue weighted by Gasteiger charge is -2.06. The van der Waals surface area contributed by atoms with Crippen molar-refractivity contribution in [2.75, 3.05) is 13.2 Å². The maximum atomic E-state index is 12.3. The number of benzene rings is 2. The highest BCUT2D eigenvalue weighted by Crippen LogP contribution is 2.25. The summed E-state index contributed by atoms with van der Waals surface area (Å²) in [7, 11) is -2.99. The van der Waals surface area contributed by atoms with Crippen LogP contribution in [0.1, 0.15) is 20.7 Å². The van der Waals surface area contributed by atoms with Crippen molar-refractivity contribution in [1.29, 1.82) is 0 Å². The van der Waals surface area contributed by atoms with Crippen LogP contribution < -0.4 is 0 Å². The number of ketones is 2. The molecule has 0 aliphatic carbocycles. The van der Waals surface area contributed by atoms with E-state index in [0.717, 1.165) is 21.8 Å². The normalized spacial score (nSPS) is 11.2. The third-order valence-electron chi connectivity index (χ3n) is 4.49. The van der Waals surface area contributed by atoms with E-state index < -0.39 is 21.5 Å². The molecule has 0 amide bonds. The average molecular weight is 420 g/mol. The summed E-state index contributed by atoms with van der Waals surface area (Å²) in [6, 6.07) is 17.4. The van der Waals surface area contributed by atoms with Gasteiger partial charge in [-0.3, -0.25) is 24.1 Å². The van der Waals surface area contributed by atoms with E-state index in [0.29, 0.717) is 11.1 Å². The minimum atomic E-state index is -2.99. The predicted octanol–water partition coefficient (Wildman–Crippen LogP) is 4.27. The van der Waals surface area contributed by atoms with E-state index in [4.69, 9.17) is 9.05 Å². The fourth-order valence-electron chi connectivity index (χ4n) is 2.96. The molecule has 0 N–H and O–H groups in total. The lowest BCUT2D eigenvalue weighted by Crippen LogP contribution is -2.09. The number of hydrogen-bond donors (Lipinski definition) is 0. The van der Waals surface area contributed by atoms with Gasteiger partial charge in [-0.2, -0.15) is 0 Å². The van der Waals surface area contributed by atoms with Crippen molar-refractivity contribution in [2.24, 2.45) is 0 Å². The molecular formula is C22H17N2O5P. The van der Waals surface area contributed by atoms with Crippen molar-refractivity contribution in [3.63, 3.8) is 0 Å². The molecule has 0 atom stereocenters. The molecule has 0 radical (unpaired) electrons. The van der Waals surface area contributed by atoms with Gasteiger partial charge >= 0.3 is 8.25 Å². The molecule has 0 saturated heterocycles. The smallest absolute Gasteiger partial charge is 0.302 e. The Kier molecular flexibility index (Phi) is 6.05. The number of carbonyl (C=O) groups excluding carboxylic acids is 2. The Morgan fingerprint density at radius 3 is 1.67 bits per heavy atom. The molecule has 0 saturated carbocycles. The molecule has 4 rings (SSSR count). The maximum absolute atomic E-state index is 12.3. The van der Waals surface area contributed by atoms with Crippen LogP contribution in [0, 0.1) is 0 Å². The quantitative estimate of drug-likeness (QED) is 0.310. The molecule has 4 aromatic rings. The second kappa shape index (κ2) is 9.05. The van der Waals surface area contributed by atoms with Gasteiger partial charge in [-0.15, -0.1) is 0 Å². The molecule has 2 aromatic carbocycles. The summed E-state index contributed by atoms with van der Waals surface area (Å²) in [6.45, 7) is -0.807. The first kappa shape index (κ1) is 20.0. The Bertz CT molecular complexity index is 1180. The summed E-state index contributed by atoms with van der Waals surface area (Å²) < 4.78 is 22.0. The molecule has 7 nitrogen and oxygen atoms in total. The first-order chi connectivity index (χ1) is 14.6. The highest BCUT2D eigenvalue weighted by atomic mass is 31.1. The monoisotopic (exact) mass is 420 g/mol. The third kappa shape index (κ3) is 4.66. The second-order valence-electron chi connectivity index (χ2n) is 6.50. The first-order valence-electron chi connectivity index (χ1n) is 9.16. The van der Waals surface area contributed by atoms with Crippen molar-refractivity contribution < 1.29 is 23.2 Å². The SMILES string of the molecule is O=C(CO[PH](=O)OCC(=O)c1ccc2ncccc2c1)c1ccc2ncccc2c1. The van der Waals surface area contributed by atoms with Gasteiger partial charge in [0.05, 0.1) is 11.0 Å². The van der Waals surface area contributed by atoms with Crippen molar-refractivity contribution in [3.05, 3.63) is 84.2 Å². The second-order valence-corrected chi connectivity index (χ2v) is 7.57. The van der Waals surface area contributed by atoms with Gasteiger partial charge in [0.25, 0.3) is 0 Å².